The lowest BCUT2D eigenvalue weighted by Crippen LogP contribution is -2.27. The molecule has 0 aliphatic carbocycles. The van der Waals surface area contributed by atoms with Crippen LogP contribution in [-0.4, -0.2) is 103 Å². The Morgan fingerprint density at radius 2 is 1.75 bits per heavy atom. The number of carbonyl (C=O) groups is 1. The molecule has 0 aliphatic heterocycles. The molecule has 0 aliphatic rings. The molecule has 1 heterocycles. The van der Waals surface area contributed by atoms with Crippen LogP contribution in [0.5, 0.6) is 0 Å². The molecule has 3 atom stereocenters. The molecule has 0 amide bonds. The molecule has 0 bridgehead atoms. The van der Waals surface area contributed by atoms with E-state index < -0.39 is 63.3 Å². The van der Waals surface area contributed by atoms with Crippen LogP contribution in [-0.2, 0) is 34.0 Å². The number of aromatic nitrogens is 2. The minimum atomic E-state index is -3.72. The van der Waals surface area contributed by atoms with Gasteiger partial charge in [0.05, 0.1) is 42.9 Å². The van der Waals surface area contributed by atoms with Crippen LogP contribution < -0.4 is 4.31 Å². The zero-order valence-electron chi connectivity index (χ0n) is 26.6. The molecule has 48 heavy (non-hydrogen) atoms. The monoisotopic (exact) mass is 703 g/mol. The predicted octanol–water partition coefficient (Wildman–Crippen LogP) is 2.05. The van der Waals surface area contributed by atoms with Gasteiger partial charge in [0.15, 0.2) is 0 Å². The molecule has 1 unspecified atom stereocenters. The van der Waals surface area contributed by atoms with E-state index in [1.165, 1.54) is 43.5 Å². The van der Waals surface area contributed by atoms with Gasteiger partial charge in [-0.15, -0.1) is 20.2 Å². The minimum Gasteiger partial charge on any atom is -0.463 e. The quantitative estimate of drug-likeness (QED) is 0.0818. The number of benzene rings is 1. The summed E-state index contributed by atoms with van der Waals surface area (Å²) >= 11 is 0. The van der Waals surface area contributed by atoms with E-state index in [0.717, 1.165) is 10.6 Å². The Kier molecular flexibility index (Phi) is 15.5. The number of rotatable bonds is 21. The second kappa shape index (κ2) is 18.7. The molecule has 2 N–H and O–H groups in total. The molecule has 0 saturated carbocycles. The van der Waals surface area contributed by atoms with Crippen LogP contribution in [0.1, 0.15) is 50.3 Å². The van der Waals surface area contributed by atoms with E-state index in [9.17, 15) is 48.0 Å². The summed E-state index contributed by atoms with van der Waals surface area (Å²) in [5.41, 5.74) is 1.60. The number of esters is 1. The van der Waals surface area contributed by atoms with Gasteiger partial charge in [-0.3, -0.25) is 4.79 Å². The van der Waals surface area contributed by atoms with Crippen molar-refractivity contribution in [3.05, 3.63) is 67.6 Å². The average Bonchev–Trinajstić information content (AvgIpc) is 2.99. The molecule has 2 aromatic rings. The van der Waals surface area contributed by atoms with Crippen LogP contribution >= 0.6 is 0 Å². The topological polar surface area (TPSA) is 244 Å². The van der Waals surface area contributed by atoms with Crippen molar-refractivity contribution < 1.29 is 57.1 Å². The van der Waals surface area contributed by atoms with Crippen molar-refractivity contribution in [3.63, 3.8) is 0 Å². The van der Waals surface area contributed by atoms with Crippen LogP contribution in [0.15, 0.2) is 30.3 Å². The van der Waals surface area contributed by atoms with E-state index in [1.54, 1.807) is 0 Å². The van der Waals surface area contributed by atoms with Crippen LogP contribution in [0, 0.1) is 26.0 Å². The number of carbonyl (C=O) groups excluding carboxylic acids is 1. The molecule has 0 saturated heterocycles. The summed E-state index contributed by atoms with van der Waals surface area (Å²) < 4.78 is 49.2. The lowest BCUT2D eigenvalue weighted by atomic mass is 9.97. The van der Waals surface area contributed by atoms with Crippen molar-refractivity contribution in [3.8, 4) is 11.3 Å². The van der Waals surface area contributed by atoms with E-state index in [-0.39, 0.29) is 50.2 Å². The third-order valence-electron chi connectivity index (χ3n) is 6.48. The maximum absolute atomic E-state index is 13.7. The van der Waals surface area contributed by atoms with Crippen LogP contribution in [0.25, 0.3) is 17.3 Å². The fraction of sp³-hybridized carbons (Fsp3) is 0.536. The Labute approximate surface area is 275 Å². The molecule has 0 spiro atoms. The fourth-order valence-electron chi connectivity index (χ4n) is 4.06. The minimum absolute atomic E-state index is 0.104. The van der Waals surface area contributed by atoms with Gasteiger partial charge in [-0.05, 0) is 36.6 Å². The van der Waals surface area contributed by atoms with Crippen LogP contribution in [0.4, 0.5) is 10.3 Å². The normalized spacial score (nSPS) is 13.6. The highest BCUT2D eigenvalue weighted by atomic mass is 32.2. The van der Waals surface area contributed by atoms with Crippen molar-refractivity contribution in [2.45, 2.75) is 57.3 Å². The Balaban J connectivity index is 2.01. The third kappa shape index (κ3) is 13.7. The third-order valence-corrected chi connectivity index (χ3v) is 7.64. The smallest absolute Gasteiger partial charge is 0.308 e. The van der Waals surface area contributed by atoms with Crippen LogP contribution in [0.2, 0.25) is 0 Å². The second-order valence-corrected chi connectivity index (χ2v) is 12.7. The standard InChI is InChI=1S/C28H38FN5O13S/c1-18(2)26-24(27(19-5-7-20(29)8-6-19)31-28(30-26)32(3)48(4,42)43)10-9-21(35)15-22(36)16-25(37)45-14-13-44-12-11-23(47-34(40)41)17-46-33(38)39/h5-10,18,21-23,35-36H,11-17H2,1-4H3/b10-9+/t21-,22-,23?/m1/s1. The fourth-order valence-corrected chi connectivity index (χ4v) is 4.44. The Morgan fingerprint density at radius 3 is 2.33 bits per heavy atom. The van der Waals surface area contributed by atoms with Gasteiger partial charge in [0.25, 0.3) is 10.2 Å². The van der Waals surface area contributed by atoms with Gasteiger partial charge < -0.3 is 29.4 Å². The van der Waals surface area contributed by atoms with Gasteiger partial charge in [0.1, 0.15) is 25.1 Å². The zero-order chi connectivity index (χ0) is 36.0. The number of anilines is 1. The zero-order valence-corrected chi connectivity index (χ0v) is 27.4. The summed E-state index contributed by atoms with van der Waals surface area (Å²) in [6.07, 6.45) is -0.775. The SMILES string of the molecule is CC(C)c1nc(N(C)S(C)(=O)=O)nc(-c2ccc(F)cc2)c1/C=C/[C@@H](O)C[C@@H](O)CC(=O)OCCOCCC(CO[N+](=O)[O-])O[N+](=O)[O-]. The molecular weight excluding hydrogens is 665 g/mol. The van der Waals surface area contributed by atoms with E-state index in [0.29, 0.717) is 16.8 Å². The lowest BCUT2D eigenvalue weighted by Gasteiger charge is -2.20. The van der Waals surface area contributed by atoms with Crippen molar-refractivity contribution >= 4 is 28.0 Å². The summed E-state index contributed by atoms with van der Waals surface area (Å²) in [6.45, 7) is 2.50. The summed E-state index contributed by atoms with van der Waals surface area (Å²) in [5.74, 6) is -1.63. The van der Waals surface area contributed by atoms with Gasteiger partial charge in [0.2, 0.25) is 16.0 Å². The number of nitrogens with zero attached hydrogens (tertiary/aromatic N) is 5. The van der Waals surface area contributed by atoms with Gasteiger partial charge in [0, 0.05) is 31.2 Å². The van der Waals surface area contributed by atoms with E-state index >= 15 is 0 Å². The number of hydrogen-bond acceptors (Lipinski definition) is 15. The van der Waals surface area contributed by atoms with Gasteiger partial charge in [-0.1, -0.05) is 26.0 Å². The number of ether oxygens (including phenoxy) is 2. The first-order valence-electron chi connectivity index (χ1n) is 14.5. The lowest BCUT2D eigenvalue weighted by molar-refractivity contribution is -0.790. The second-order valence-electron chi connectivity index (χ2n) is 10.7. The molecule has 0 radical (unpaired) electrons. The molecule has 266 valence electrons. The van der Waals surface area contributed by atoms with E-state index in [4.69, 9.17) is 9.47 Å². The summed E-state index contributed by atoms with van der Waals surface area (Å²) in [5, 5.41) is 39.5. The molecular formula is C28H38FN5O13S. The Hall–Kier alpha value is -4.53. The number of halogens is 1. The highest BCUT2D eigenvalue weighted by Gasteiger charge is 2.23. The Morgan fingerprint density at radius 1 is 1.08 bits per heavy atom. The van der Waals surface area contributed by atoms with Crippen molar-refractivity contribution in [1.29, 1.82) is 0 Å². The largest absolute Gasteiger partial charge is 0.463 e. The molecule has 1 aromatic heterocycles. The highest BCUT2D eigenvalue weighted by molar-refractivity contribution is 7.92. The molecule has 0 fully saturated rings. The average molecular weight is 704 g/mol. The molecule has 2 rings (SSSR count). The first kappa shape index (κ1) is 39.6. The number of hydrogen-bond donors (Lipinski definition) is 2. The van der Waals surface area contributed by atoms with Crippen molar-refractivity contribution in [1.82, 2.24) is 9.97 Å². The molecule has 1 aromatic carbocycles. The highest BCUT2D eigenvalue weighted by Crippen LogP contribution is 2.31. The predicted molar refractivity (Wildman–Crippen MR) is 166 cm³/mol. The van der Waals surface area contributed by atoms with E-state index in [1.807, 2.05) is 13.8 Å². The molecule has 18 nitrogen and oxygen atoms in total. The molecule has 20 heteroatoms. The number of aliphatic hydroxyl groups is 2. The summed E-state index contributed by atoms with van der Waals surface area (Å²) in [7, 11) is -2.42. The first-order chi connectivity index (χ1) is 22.5. The summed E-state index contributed by atoms with van der Waals surface area (Å²) in [6, 6.07) is 5.38. The van der Waals surface area contributed by atoms with Crippen molar-refractivity contribution in [2.24, 2.45) is 0 Å². The van der Waals surface area contributed by atoms with Gasteiger partial charge in [-0.2, -0.15) is 0 Å². The van der Waals surface area contributed by atoms with E-state index in [2.05, 4.69) is 19.6 Å². The summed E-state index contributed by atoms with van der Waals surface area (Å²) in [4.78, 5) is 50.1. The van der Waals surface area contributed by atoms with Crippen LogP contribution in [0.3, 0.4) is 0 Å². The number of aliphatic hydroxyl groups excluding tert-OH is 2. The van der Waals surface area contributed by atoms with Crippen molar-refractivity contribution in [2.75, 3.05) is 44.0 Å². The Bertz CT molecular complexity index is 1530. The van der Waals surface area contributed by atoms with Gasteiger partial charge >= 0.3 is 5.97 Å². The number of sulfonamides is 1. The first-order valence-corrected chi connectivity index (χ1v) is 16.3. The van der Waals surface area contributed by atoms with Gasteiger partial charge in [-0.25, -0.2) is 27.1 Å². The maximum Gasteiger partial charge on any atom is 0.308 e. The maximum atomic E-state index is 13.7.